The molecule has 2 aromatic rings. The first-order valence-electron chi connectivity index (χ1n) is 15.2. The Kier molecular flexibility index (Phi) is 15.7. The highest BCUT2D eigenvalue weighted by molar-refractivity contribution is 7.91. The van der Waals surface area contributed by atoms with Gasteiger partial charge in [0.1, 0.15) is 0 Å². The van der Waals surface area contributed by atoms with Crippen LogP contribution in [-0.4, -0.2) is 83.3 Å². The van der Waals surface area contributed by atoms with Crippen molar-refractivity contribution < 1.29 is 59.4 Å². The monoisotopic (exact) mass is 727 g/mol. The summed E-state index contributed by atoms with van der Waals surface area (Å²) < 4.78 is 87.6. The molecule has 1 aliphatic rings. The number of carboxylic acids is 2. The maximum Gasteiger partial charge on any atom is 0.490 e. The molecule has 0 radical (unpaired) electrons. The number of carbonyl (C=O) groups is 3. The predicted molar refractivity (Wildman–Crippen MR) is 170 cm³/mol. The minimum Gasteiger partial charge on any atom is -0.475 e. The molecule has 1 aromatic carbocycles. The summed E-state index contributed by atoms with van der Waals surface area (Å²) in [4.78, 5) is 38.1. The molecule has 2 heterocycles. The topological polar surface area (TPSA) is 168 Å². The Morgan fingerprint density at radius 1 is 0.898 bits per heavy atom. The Bertz CT molecular complexity index is 1530. The van der Waals surface area contributed by atoms with Crippen LogP contribution in [0.3, 0.4) is 0 Å². The van der Waals surface area contributed by atoms with E-state index in [-0.39, 0.29) is 18.9 Å². The van der Waals surface area contributed by atoms with E-state index in [1.165, 1.54) is 11.8 Å². The van der Waals surface area contributed by atoms with Crippen molar-refractivity contribution in [1.29, 1.82) is 0 Å². The van der Waals surface area contributed by atoms with Crippen LogP contribution in [0.4, 0.5) is 26.3 Å². The number of benzene rings is 1. The van der Waals surface area contributed by atoms with E-state index in [1.807, 2.05) is 0 Å². The van der Waals surface area contributed by atoms with Crippen LogP contribution in [0.2, 0.25) is 0 Å². The first kappa shape index (κ1) is 43.3. The van der Waals surface area contributed by atoms with Crippen molar-refractivity contribution >= 4 is 27.7 Å². The molecule has 1 unspecified atom stereocenters. The van der Waals surface area contributed by atoms with Gasteiger partial charge in [-0.1, -0.05) is 57.5 Å². The van der Waals surface area contributed by atoms with Crippen molar-refractivity contribution in [2.75, 3.05) is 19.3 Å². The zero-order chi connectivity index (χ0) is 38.1. The standard InChI is InChI=1S/C28H41N3O3S.2C2HF3O2/c1-18(2)13-25-23(15-27(32)31-12-11-22(17-31)35(6,33)34)28(21-9-7-20(5)8-10-21)24(16-29)26(30-25)14-19(3)4;2*3-2(4,5)1(6)7/h7-10,18-19,22H,11-17,29H2,1-6H3;2*(H,6,7). The van der Waals surface area contributed by atoms with Gasteiger partial charge in [0.2, 0.25) is 5.91 Å². The number of hydrogen-bond donors (Lipinski definition) is 3. The number of nitrogens with two attached hydrogens (primary N) is 1. The Morgan fingerprint density at radius 3 is 1.67 bits per heavy atom. The predicted octanol–water partition coefficient (Wildman–Crippen LogP) is 5.37. The third-order valence-corrected chi connectivity index (χ3v) is 8.83. The molecule has 1 aliphatic heterocycles. The molecule has 0 bridgehead atoms. The van der Waals surface area contributed by atoms with E-state index in [2.05, 4.69) is 58.9 Å². The average Bonchev–Trinajstić information content (AvgIpc) is 3.45. The average molecular weight is 728 g/mol. The van der Waals surface area contributed by atoms with Gasteiger partial charge < -0.3 is 20.8 Å². The van der Waals surface area contributed by atoms with Crippen molar-refractivity contribution in [3.63, 3.8) is 0 Å². The number of alkyl halides is 6. The first-order chi connectivity index (χ1) is 22.3. The van der Waals surface area contributed by atoms with Crippen LogP contribution in [0, 0.1) is 18.8 Å². The van der Waals surface area contributed by atoms with Gasteiger partial charge in [0.05, 0.1) is 11.7 Å². The molecule has 1 atom stereocenters. The van der Waals surface area contributed by atoms with Crippen LogP contribution in [0.25, 0.3) is 11.1 Å². The SMILES string of the molecule is Cc1ccc(-c2c(CN)c(CC(C)C)nc(CC(C)C)c2CC(=O)N2CCC(S(C)(=O)=O)C2)cc1.O=C(O)C(F)(F)F.O=C(O)C(F)(F)F. The second kappa shape index (κ2) is 17.8. The van der Waals surface area contributed by atoms with Gasteiger partial charge in [-0.05, 0) is 60.3 Å². The third-order valence-electron chi connectivity index (χ3n) is 7.23. The van der Waals surface area contributed by atoms with Gasteiger partial charge in [-0.2, -0.15) is 26.3 Å². The summed E-state index contributed by atoms with van der Waals surface area (Å²) in [5, 5.41) is 13.8. The van der Waals surface area contributed by atoms with Crippen molar-refractivity contribution in [3.05, 3.63) is 52.3 Å². The maximum atomic E-state index is 13.5. The number of nitrogens with zero attached hydrogens (tertiary/aromatic N) is 2. The van der Waals surface area contributed by atoms with Gasteiger partial charge in [0.25, 0.3) is 0 Å². The number of pyridine rings is 1. The second-order valence-corrected chi connectivity index (χ2v) is 14.8. The summed E-state index contributed by atoms with van der Waals surface area (Å²) in [5.41, 5.74) is 13.5. The van der Waals surface area contributed by atoms with Crippen molar-refractivity contribution in [2.45, 2.75) is 84.4 Å². The quantitative estimate of drug-likeness (QED) is 0.288. The van der Waals surface area contributed by atoms with E-state index >= 15 is 0 Å². The van der Waals surface area contributed by atoms with Crippen LogP contribution < -0.4 is 5.73 Å². The molecule has 276 valence electrons. The fourth-order valence-corrected chi connectivity index (χ4v) is 5.91. The molecular formula is C32H43F6N3O7S. The van der Waals surface area contributed by atoms with Gasteiger partial charge in [0.15, 0.2) is 9.84 Å². The highest BCUT2D eigenvalue weighted by atomic mass is 32.2. The zero-order valence-electron chi connectivity index (χ0n) is 28.1. The minimum absolute atomic E-state index is 0.0455. The Hall–Kier alpha value is -3.73. The summed E-state index contributed by atoms with van der Waals surface area (Å²) in [6.45, 7) is 11.8. The van der Waals surface area contributed by atoms with Crippen LogP contribution in [0.5, 0.6) is 0 Å². The molecule has 0 saturated carbocycles. The van der Waals surface area contributed by atoms with Gasteiger partial charge in [-0.15, -0.1) is 0 Å². The lowest BCUT2D eigenvalue weighted by Crippen LogP contribution is -2.33. The van der Waals surface area contributed by atoms with E-state index in [4.69, 9.17) is 30.5 Å². The molecule has 49 heavy (non-hydrogen) atoms. The number of aromatic nitrogens is 1. The lowest BCUT2D eigenvalue weighted by atomic mass is 9.86. The van der Waals surface area contributed by atoms with E-state index in [0.717, 1.165) is 46.5 Å². The summed E-state index contributed by atoms with van der Waals surface area (Å²) in [5.74, 6) is -4.76. The molecule has 17 heteroatoms. The molecule has 1 fully saturated rings. The maximum absolute atomic E-state index is 13.5. The smallest absolute Gasteiger partial charge is 0.475 e. The van der Waals surface area contributed by atoms with Gasteiger partial charge in [-0.3, -0.25) is 9.78 Å². The highest BCUT2D eigenvalue weighted by Crippen LogP contribution is 2.34. The first-order valence-corrected chi connectivity index (χ1v) is 17.1. The number of carbonyl (C=O) groups excluding carboxylic acids is 1. The fourth-order valence-electron chi connectivity index (χ4n) is 4.93. The van der Waals surface area contributed by atoms with E-state index in [0.29, 0.717) is 31.3 Å². The number of sulfone groups is 1. The number of amides is 1. The van der Waals surface area contributed by atoms with Crippen molar-refractivity contribution in [3.8, 4) is 11.1 Å². The molecule has 4 N–H and O–H groups in total. The summed E-state index contributed by atoms with van der Waals surface area (Å²) in [6, 6.07) is 8.38. The zero-order valence-corrected chi connectivity index (χ0v) is 28.9. The largest absolute Gasteiger partial charge is 0.490 e. The summed E-state index contributed by atoms with van der Waals surface area (Å²) in [7, 11) is -3.17. The molecule has 0 spiro atoms. The van der Waals surface area contributed by atoms with Gasteiger partial charge in [-0.25, -0.2) is 18.0 Å². The number of halogens is 6. The van der Waals surface area contributed by atoms with Crippen LogP contribution in [0.15, 0.2) is 24.3 Å². The molecule has 1 amide bonds. The molecule has 3 rings (SSSR count). The number of rotatable bonds is 9. The molecule has 0 aliphatic carbocycles. The highest BCUT2D eigenvalue weighted by Gasteiger charge is 2.39. The third kappa shape index (κ3) is 14.0. The summed E-state index contributed by atoms with van der Waals surface area (Å²) in [6.07, 6.45) is -6.62. The van der Waals surface area contributed by atoms with Crippen LogP contribution >= 0.6 is 0 Å². The van der Waals surface area contributed by atoms with E-state index < -0.39 is 39.4 Å². The number of carboxylic acid groups (broad SMARTS) is 2. The molecule has 10 nitrogen and oxygen atoms in total. The number of likely N-dealkylation sites (tertiary alicyclic amines) is 1. The lowest BCUT2D eigenvalue weighted by Gasteiger charge is -2.24. The Balaban J connectivity index is 0.000000717. The van der Waals surface area contributed by atoms with Crippen LogP contribution in [-0.2, 0) is 50.0 Å². The molecule has 1 saturated heterocycles. The van der Waals surface area contributed by atoms with Crippen molar-refractivity contribution in [1.82, 2.24) is 9.88 Å². The van der Waals surface area contributed by atoms with E-state index in [9.17, 15) is 39.6 Å². The Labute approximate surface area is 281 Å². The lowest BCUT2D eigenvalue weighted by molar-refractivity contribution is -0.193. The Morgan fingerprint density at radius 2 is 1.33 bits per heavy atom. The molecule has 1 aromatic heterocycles. The van der Waals surface area contributed by atoms with E-state index in [1.54, 1.807) is 4.90 Å². The number of aliphatic carboxylic acids is 2. The minimum atomic E-state index is -5.08. The molecular weight excluding hydrogens is 684 g/mol. The van der Waals surface area contributed by atoms with Crippen LogP contribution in [0.1, 0.15) is 62.2 Å². The second-order valence-electron chi connectivity index (χ2n) is 12.5. The fraction of sp³-hybridized carbons (Fsp3) is 0.562. The van der Waals surface area contributed by atoms with Gasteiger partial charge >= 0.3 is 24.3 Å². The number of aryl methyl sites for hydroxylation is 1. The number of hydrogen-bond acceptors (Lipinski definition) is 7. The normalized spacial score (nSPS) is 15.0. The summed E-state index contributed by atoms with van der Waals surface area (Å²) >= 11 is 0. The van der Waals surface area contributed by atoms with Gasteiger partial charge in [0, 0.05) is 37.3 Å². The van der Waals surface area contributed by atoms with Crippen molar-refractivity contribution in [2.24, 2.45) is 17.6 Å².